The van der Waals surface area contributed by atoms with Crippen molar-refractivity contribution in [1.82, 2.24) is 0 Å². The van der Waals surface area contributed by atoms with Gasteiger partial charge in [0.25, 0.3) is 0 Å². The molecular weight excluding hydrogens is 403 g/mol. The Morgan fingerprint density at radius 2 is 1.71 bits per heavy atom. The molecule has 0 amide bonds. The number of hydrogen-bond acceptors (Lipinski definition) is 0. The standard InChI is InChI=1S/C23H38.HI/c1-3-4-5-7-12-20(2)19-23(22-16-8-6-9-17-22)18-11-15-21-13-10-14-21;/h6,8-9,16-17,20-21,23H,3-5,7,10-15,18-19H2,1-2H3;1H/t20?,23-;/m0./s1. The zero-order valence-corrected chi connectivity index (χ0v) is 18.3. The second kappa shape index (κ2) is 13.2. The molecule has 1 aromatic rings. The van der Waals surface area contributed by atoms with Crippen molar-refractivity contribution >= 4 is 24.0 Å². The number of benzene rings is 1. The highest BCUT2D eigenvalue weighted by atomic mass is 127. The van der Waals surface area contributed by atoms with Crippen LogP contribution in [-0.2, 0) is 0 Å². The molecule has 0 N–H and O–H groups in total. The molecule has 1 aliphatic rings. The molecule has 1 fully saturated rings. The molecule has 1 unspecified atom stereocenters. The Bertz CT molecular complexity index is 396. The summed E-state index contributed by atoms with van der Waals surface area (Å²) in [5.41, 5.74) is 1.58. The molecular formula is C23H39I. The molecule has 0 saturated heterocycles. The van der Waals surface area contributed by atoms with E-state index in [0.29, 0.717) is 0 Å². The summed E-state index contributed by atoms with van der Waals surface area (Å²) >= 11 is 0. The third-order valence-corrected chi connectivity index (χ3v) is 5.90. The number of halogens is 1. The SMILES string of the molecule is CCCCCCC(C)C[C@H](CCCC1CCC1)c1ccccc1.I. The first-order chi connectivity index (χ1) is 11.3. The first-order valence-corrected chi connectivity index (χ1v) is 10.3. The van der Waals surface area contributed by atoms with Crippen molar-refractivity contribution in [1.29, 1.82) is 0 Å². The van der Waals surface area contributed by atoms with Gasteiger partial charge < -0.3 is 0 Å². The minimum Gasteiger partial charge on any atom is -0.107 e. The quantitative estimate of drug-likeness (QED) is 0.225. The van der Waals surface area contributed by atoms with Crippen molar-refractivity contribution < 1.29 is 0 Å². The summed E-state index contributed by atoms with van der Waals surface area (Å²) in [5.74, 6) is 2.73. The molecule has 1 heteroatoms. The molecule has 0 nitrogen and oxygen atoms in total. The number of rotatable bonds is 12. The van der Waals surface area contributed by atoms with Crippen LogP contribution in [0.1, 0.15) is 102 Å². The molecule has 2 atom stereocenters. The number of hydrogen-bond donors (Lipinski definition) is 0. The van der Waals surface area contributed by atoms with Crippen LogP contribution in [0.25, 0.3) is 0 Å². The zero-order valence-electron chi connectivity index (χ0n) is 16.0. The first-order valence-electron chi connectivity index (χ1n) is 10.3. The van der Waals surface area contributed by atoms with Crippen molar-refractivity contribution in [3.63, 3.8) is 0 Å². The average molecular weight is 442 g/mol. The van der Waals surface area contributed by atoms with Crippen LogP contribution in [0.4, 0.5) is 0 Å². The third kappa shape index (κ3) is 8.36. The summed E-state index contributed by atoms with van der Waals surface area (Å²) in [6.45, 7) is 4.78. The maximum Gasteiger partial charge on any atom is -0.0159 e. The minimum atomic E-state index is 0. The molecule has 0 spiro atoms. The fraction of sp³-hybridized carbons (Fsp3) is 0.739. The fourth-order valence-corrected chi connectivity index (χ4v) is 4.10. The van der Waals surface area contributed by atoms with E-state index in [9.17, 15) is 0 Å². The lowest BCUT2D eigenvalue weighted by molar-refractivity contribution is 0.281. The Kier molecular flexibility index (Phi) is 12.1. The van der Waals surface area contributed by atoms with Crippen LogP contribution in [0, 0.1) is 11.8 Å². The first kappa shape index (κ1) is 22.0. The van der Waals surface area contributed by atoms with Crippen LogP contribution in [0.15, 0.2) is 30.3 Å². The molecule has 138 valence electrons. The van der Waals surface area contributed by atoms with Crippen molar-refractivity contribution in [2.75, 3.05) is 0 Å². The van der Waals surface area contributed by atoms with Gasteiger partial charge in [0.15, 0.2) is 0 Å². The molecule has 0 radical (unpaired) electrons. The van der Waals surface area contributed by atoms with Gasteiger partial charge in [0, 0.05) is 0 Å². The van der Waals surface area contributed by atoms with Crippen LogP contribution < -0.4 is 0 Å². The van der Waals surface area contributed by atoms with E-state index in [0.717, 1.165) is 17.8 Å². The summed E-state index contributed by atoms with van der Waals surface area (Å²) in [4.78, 5) is 0. The van der Waals surface area contributed by atoms with Gasteiger partial charge >= 0.3 is 0 Å². The second-order valence-electron chi connectivity index (χ2n) is 8.03. The van der Waals surface area contributed by atoms with E-state index in [4.69, 9.17) is 0 Å². The van der Waals surface area contributed by atoms with E-state index in [1.54, 1.807) is 5.56 Å². The van der Waals surface area contributed by atoms with Gasteiger partial charge in [-0.15, -0.1) is 24.0 Å². The highest BCUT2D eigenvalue weighted by Gasteiger charge is 2.19. The van der Waals surface area contributed by atoms with Gasteiger partial charge in [0.1, 0.15) is 0 Å². The van der Waals surface area contributed by atoms with E-state index in [1.165, 1.54) is 77.0 Å². The highest BCUT2D eigenvalue weighted by Crippen LogP contribution is 2.35. The Morgan fingerprint density at radius 1 is 0.958 bits per heavy atom. The van der Waals surface area contributed by atoms with E-state index < -0.39 is 0 Å². The van der Waals surface area contributed by atoms with Crippen LogP contribution in [0.2, 0.25) is 0 Å². The summed E-state index contributed by atoms with van der Waals surface area (Å²) in [7, 11) is 0. The van der Waals surface area contributed by atoms with E-state index in [-0.39, 0.29) is 24.0 Å². The van der Waals surface area contributed by atoms with Crippen LogP contribution in [0.3, 0.4) is 0 Å². The Labute approximate surface area is 168 Å². The predicted molar refractivity (Wildman–Crippen MR) is 118 cm³/mol. The lowest BCUT2D eigenvalue weighted by Crippen LogP contribution is -2.12. The predicted octanol–water partition coefficient (Wildman–Crippen LogP) is 8.36. The smallest absolute Gasteiger partial charge is 0.0159 e. The van der Waals surface area contributed by atoms with Crippen LogP contribution >= 0.6 is 24.0 Å². The lowest BCUT2D eigenvalue weighted by atomic mass is 9.79. The van der Waals surface area contributed by atoms with E-state index in [1.807, 2.05) is 0 Å². The Hall–Kier alpha value is -0.0500. The van der Waals surface area contributed by atoms with Crippen molar-refractivity contribution in [3.8, 4) is 0 Å². The van der Waals surface area contributed by atoms with Crippen LogP contribution in [0.5, 0.6) is 0 Å². The van der Waals surface area contributed by atoms with Gasteiger partial charge in [0.2, 0.25) is 0 Å². The molecule has 1 aliphatic carbocycles. The van der Waals surface area contributed by atoms with Gasteiger partial charge in [-0.05, 0) is 36.2 Å². The molecule has 0 bridgehead atoms. The van der Waals surface area contributed by atoms with Gasteiger partial charge in [-0.3, -0.25) is 0 Å². The fourth-order valence-electron chi connectivity index (χ4n) is 4.10. The lowest BCUT2D eigenvalue weighted by Gasteiger charge is -2.27. The average Bonchev–Trinajstić information content (AvgIpc) is 2.53. The normalized spacial score (nSPS) is 16.9. The van der Waals surface area contributed by atoms with E-state index >= 15 is 0 Å². The van der Waals surface area contributed by atoms with Gasteiger partial charge in [0.05, 0.1) is 0 Å². The molecule has 1 aromatic carbocycles. The number of unbranched alkanes of at least 4 members (excludes halogenated alkanes) is 3. The largest absolute Gasteiger partial charge is 0.107 e. The zero-order chi connectivity index (χ0) is 16.3. The summed E-state index contributed by atoms with van der Waals surface area (Å²) in [6, 6.07) is 11.3. The molecule has 0 aromatic heterocycles. The summed E-state index contributed by atoms with van der Waals surface area (Å²) in [6.07, 6.45) is 17.2. The maximum atomic E-state index is 2.48. The maximum absolute atomic E-state index is 2.48. The Balaban J connectivity index is 0.00000288. The highest BCUT2D eigenvalue weighted by molar-refractivity contribution is 14.0. The third-order valence-electron chi connectivity index (χ3n) is 5.90. The van der Waals surface area contributed by atoms with Crippen molar-refractivity contribution in [2.24, 2.45) is 11.8 Å². The molecule has 24 heavy (non-hydrogen) atoms. The molecule has 0 aliphatic heterocycles. The minimum absolute atomic E-state index is 0. The monoisotopic (exact) mass is 442 g/mol. The topological polar surface area (TPSA) is 0 Å². The molecule has 2 rings (SSSR count). The second-order valence-corrected chi connectivity index (χ2v) is 8.03. The molecule has 0 heterocycles. The van der Waals surface area contributed by atoms with Gasteiger partial charge in [-0.25, -0.2) is 0 Å². The van der Waals surface area contributed by atoms with Gasteiger partial charge in [-0.1, -0.05) is 108 Å². The van der Waals surface area contributed by atoms with Crippen molar-refractivity contribution in [3.05, 3.63) is 35.9 Å². The molecule has 1 saturated carbocycles. The summed E-state index contributed by atoms with van der Waals surface area (Å²) < 4.78 is 0. The van der Waals surface area contributed by atoms with E-state index in [2.05, 4.69) is 44.2 Å². The van der Waals surface area contributed by atoms with Crippen LogP contribution in [-0.4, -0.2) is 0 Å². The van der Waals surface area contributed by atoms with Gasteiger partial charge in [-0.2, -0.15) is 0 Å². The van der Waals surface area contributed by atoms with Crippen molar-refractivity contribution in [2.45, 2.75) is 96.8 Å². The Morgan fingerprint density at radius 3 is 2.33 bits per heavy atom. The summed E-state index contributed by atoms with van der Waals surface area (Å²) in [5, 5.41) is 0.